The molecule has 0 aliphatic carbocycles. The molecule has 1 heterocycles. The molecule has 0 aromatic rings. The zero-order chi connectivity index (χ0) is 6.69. The van der Waals surface area contributed by atoms with Gasteiger partial charge in [0.05, 0.1) is 0 Å². The van der Waals surface area contributed by atoms with E-state index in [-0.39, 0.29) is 12.6 Å². The van der Waals surface area contributed by atoms with Gasteiger partial charge in [-0.1, -0.05) is 0 Å². The van der Waals surface area contributed by atoms with E-state index < -0.39 is 0 Å². The van der Waals surface area contributed by atoms with Crippen molar-refractivity contribution in [2.45, 2.75) is 12.5 Å². The van der Waals surface area contributed by atoms with Crippen molar-refractivity contribution in [1.29, 1.82) is 0 Å². The lowest BCUT2D eigenvalue weighted by molar-refractivity contribution is 0.223. The number of hydrogen-bond donors (Lipinski definition) is 3. The van der Waals surface area contributed by atoms with Crippen LogP contribution in [0.1, 0.15) is 6.42 Å². The van der Waals surface area contributed by atoms with E-state index in [9.17, 15) is 0 Å². The van der Waals surface area contributed by atoms with E-state index >= 15 is 0 Å². The van der Waals surface area contributed by atoms with Crippen molar-refractivity contribution < 1.29 is 5.11 Å². The van der Waals surface area contributed by atoms with Crippen LogP contribution in [-0.2, 0) is 0 Å². The minimum Gasteiger partial charge on any atom is -0.396 e. The van der Waals surface area contributed by atoms with Crippen molar-refractivity contribution in [2.75, 3.05) is 19.7 Å². The molecule has 3 nitrogen and oxygen atoms in total. The molecule has 4 N–H and O–H groups in total. The largest absolute Gasteiger partial charge is 0.396 e. The maximum absolute atomic E-state index is 8.50. The summed E-state index contributed by atoms with van der Waals surface area (Å²) in [4.78, 5) is 0. The highest BCUT2D eigenvalue weighted by atomic mass is 16.3. The maximum Gasteiger partial charge on any atom is 0.0445 e. The number of rotatable bonds is 3. The summed E-state index contributed by atoms with van der Waals surface area (Å²) < 4.78 is 0. The van der Waals surface area contributed by atoms with Crippen LogP contribution in [0.15, 0.2) is 0 Å². The van der Waals surface area contributed by atoms with E-state index in [1.54, 1.807) is 0 Å². The quantitative estimate of drug-likeness (QED) is 0.455. The van der Waals surface area contributed by atoms with E-state index in [1.807, 2.05) is 0 Å². The van der Waals surface area contributed by atoms with Crippen LogP contribution in [0.3, 0.4) is 0 Å². The Labute approximate surface area is 55.2 Å². The Morgan fingerprint density at radius 3 is 2.67 bits per heavy atom. The summed E-state index contributed by atoms with van der Waals surface area (Å²) in [6.45, 7) is 2.28. The number of nitrogens with two attached hydrogens (primary N) is 1. The fraction of sp³-hybridized carbons (Fsp3) is 1.00. The molecule has 1 atom stereocenters. The highest BCUT2D eigenvalue weighted by Crippen LogP contribution is 2.08. The minimum atomic E-state index is 0.205. The third-order valence-electron chi connectivity index (χ3n) is 1.88. The van der Waals surface area contributed by atoms with Crippen molar-refractivity contribution >= 4 is 0 Å². The van der Waals surface area contributed by atoms with Gasteiger partial charge in [0.2, 0.25) is 0 Å². The molecule has 0 unspecified atom stereocenters. The molecule has 1 saturated heterocycles. The number of aliphatic hydroxyl groups excluding tert-OH is 1. The molecule has 1 aliphatic rings. The van der Waals surface area contributed by atoms with E-state index in [0.29, 0.717) is 5.92 Å². The first-order valence-electron chi connectivity index (χ1n) is 3.41. The van der Waals surface area contributed by atoms with Gasteiger partial charge < -0.3 is 16.2 Å². The second-order valence-corrected chi connectivity index (χ2v) is 2.59. The van der Waals surface area contributed by atoms with Gasteiger partial charge in [-0.3, -0.25) is 0 Å². The molecular formula is C6H14N2O. The molecular weight excluding hydrogens is 116 g/mol. The summed E-state index contributed by atoms with van der Waals surface area (Å²) in [6, 6.07) is 0.205. The Kier molecular flexibility index (Phi) is 2.45. The van der Waals surface area contributed by atoms with Gasteiger partial charge in [-0.2, -0.15) is 0 Å². The third kappa shape index (κ3) is 1.64. The molecule has 0 amide bonds. The second-order valence-electron chi connectivity index (χ2n) is 2.59. The molecule has 1 aliphatic heterocycles. The lowest BCUT2D eigenvalue weighted by atomic mass is 9.93. The van der Waals surface area contributed by atoms with Crippen molar-refractivity contribution in [3.63, 3.8) is 0 Å². The zero-order valence-corrected chi connectivity index (χ0v) is 5.51. The normalized spacial score (nSPS) is 23.3. The molecule has 0 aromatic heterocycles. The fourth-order valence-corrected chi connectivity index (χ4v) is 0.999. The Morgan fingerprint density at radius 1 is 1.67 bits per heavy atom. The van der Waals surface area contributed by atoms with Crippen LogP contribution in [0, 0.1) is 5.92 Å². The van der Waals surface area contributed by atoms with Crippen LogP contribution in [0.5, 0.6) is 0 Å². The van der Waals surface area contributed by atoms with E-state index in [4.69, 9.17) is 10.8 Å². The first-order valence-corrected chi connectivity index (χ1v) is 3.41. The predicted molar refractivity (Wildman–Crippen MR) is 36.0 cm³/mol. The van der Waals surface area contributed by atoms with Crippen LogP contribution < -0.4 is 11.1 Å². The van der Waals surface area contributed by atoms with Gasteiger partial charge in [-0.25, -0.2) is 0 Å². The SMILES string of the molecule is N[C@@H](CCO)C1CNC1. The van der Waals surface area contributed by atoms with E-state index in [2.05, 4.69) is 5.32 Å². The zero-order valence-electron chi connectivity index (χ0n) is 5.51. The van der Waals surface area contributed by atoms with Crippen LogP contribution in [0.25, 0.3) is 0 Å². The first-order chi connectivity index (χ1) is 4.34. The van der Waals surface area contributed by atoms with Gasteiger partial charge >= 0.3 is 0 Å². The summed E-state index contributed by atoms with van der Waals surface area (Å²) in [5, 5.41) is 11.6. The average molecular weight is 130 g/mol. The molecule has 0 bridgehead atoms. The lowest BCUT2D eigenvalue weighted by Crippen LogP contribution is -2.51. The molecule has 0 radical (unpaired) electrons. The Bertz CT molecular complexity index is 83.1. The number of nitrogens with one attached hydrogen (secondary N) is 1. The van der Waals surface area contributed by atoms with Crippen LogP contribution in [-0.4, -0.2) is 30.8 Å². The summed E-state index contributed by atoms with van der Waals surface area (Å²) in [5.41, 5.74) is 5.69. The Morgan fingerprint density at radius 2 is 2.33 bits per heavy atom. The van der Waals surface area contributed by atoms with Gasteiger partial charge in [0.1, 0.15) is 0 Å². The van der Waals surface area contributed by atoms with E-state index in [1.165, 1.54) is 0 Å². The summed E-state index contributed by atoms with van der Waals surface area (Å²) in [5.74, 6) is 0.608. The molecule has 0 spiro atoms. The highest BCUT2D eigenvalue weighted by molar-refractivity contribution is 4.83. The van der Waals surface area contributed by atoms with Crippen molar-refractivity contribution in [3.05, 3.63) is 0 Å². The summed E-state index contributed by atoms with van der Waals surface area (Å²) >= 11 is 0. The summed E-state index contributed by atoms with van der Waals surface area (Å²) in [7, 11) is 0. The van der Waals surface area contributed by atoms with Crippen LogP contribution in [0.2, 0.25) is 0 Å². The standard InChI is InChI=1S/C6H14N2O/c7-6(1-2-9)5-3-8-4-5/h5-6,8-9H,1-4,7H2/t6-/m0/s1. The van der Waals surface area contributed by atoms with Gasteiger partial charge in [0, 0.05) is 25.7 Å². The summed E-state index contributed by atoms with van der Waals surface area (Å²) in [6.07, 6.45) is 0.742. The molecule has 1 fully saturated rings. The van der Waals surface area contributed by atoms with Gasteiger partial charge in [0.15, 0.2) is 0 Å². The van der Waals surface area contributed by atoms with Crippen molar-refractivity contribution in [1.82, 2.24) is 5.32 Å². The second kappa shape index (κ2) is 3.15. The highest BCUT2D eigenvalue weighted by Gasteiger charge is 2.22. The molecule has 0 aromatic carbocycles. The maximum atomic E-state index is 8.50. The topological polar surface area (TPSA) is 58.3 Å². The smallest absolute Gasteiger partial charge is 0.0445 e. The van der Waals surface area contributed by atoms with Crippen LogP contribution in [0.4, 0.5) is 0 Å². The Hall–Kier alpha value is -0.120. The Balaban J connectivity index is 2.08. The molecule has 0 saturated carbocycles. The molecule has 9 heavy (non-hydrogen) atoms. The van der Waals surface area contributed by atoms with Crippen molar-refractivity contribution in [2.24, 2.45) is 11.7 Å². The number of hydrogen-bond acceptors (Lipinski definition) is 3. The minimum absolute atomic E-state index is 0.205. The van der Waals surface area contributed by atoms with Gasteiger partial charge in [0.25, 0.3) is 0 Å². The van der Waals surface area contributed by atoms with Gasteiger partial charge in [-0.15, -0.1) is 0 Å². The molecule has 1 rings (SSSR count). The van der Waals surface area contributed by atoms with E-state index in [0.717, 1.165) is 19.5 Å². The molecule has 54 valence electrons. The third-order valence-corrected chi connectivity index (χ3v) is 1.88. The molecule has 3 heteroatoms. The average Bonchev–Trinajstić information content (AvgIpc) is 1.60. The van der Waals surface area contributed by atoms with Crippen molar-refractivity contribution in [3.8, 4) is 0 Å². The lowest BCUT2D eigenvalue weighted by Gasteiger charge is -2.31. The van der Waals surface area contributed by atoms with Gasteiger partial charge in [-0.05, 0) is 12.3 Å². The monoisotopic (exact) mass is 130 g/mol. The fourth-order valence-electron chi connectivity index (χ4n) is 0.999. The van der Waals surface area contributed by atoms with Crippen LogP contribution >= 0.6 is 0 Å². The number of aliphatic hydroxyl groups is 1. The first kappa shape index (κ1) is 6.99. The predicted octanol–water partition coefficient (Wildman–Crippen LogP) is -1.08.